The van der Waals surface area contributed by atoms with E-state index >= 15 is 0 Å². The van der Waals surface area contributed by atoms with Crippen LogP contribution in [0.5, 0.6) is 0 Å². The molecule has 3 spiro atoms. The van der Waals surface area contributed by atoms with Crippen LogP contribution in [-0.2, 0) is 0 Å². The van der Waals surface area contributed by atoms with Gasteiger partial charge in [-0.25, -0.2) is 0 Å². The first-order valence-electron chi connectivity index (χ1n) is 7.16. The normalized spacial score (nSPS) is 78.6. The van der Waals surface area contributed by atoms with E-state index in [9.17, 15) is 0 Å². The van der Waals surface area contributed by atoms with Crippen molar-refractivity contribution in [2.45, 2.75) is 47.0 Å². The monoisotopic (exact) mass is 202 g/mol. The maximum absolute atomic E-state index is 2.51. The summed E-state index contributed by atoms with van der Waals surface area (Å²) >= 11 is 0. The molecule has 5 rings (SSSR count). The molecule has 5 aliphatic carbocycles. The van der Waals surface area contributed by atoms with Crippen molar-refractivity contribution in [1.82, 2.24) is 0 Å². The lowest BCUT2D eigenvalue weighted by molar-refractivity contribution is -0.119. The van der Waals surface area contributed by atoms with Gasteiger partial charge in [0, 0.05) is 0 Å². The van der Waals surface area contributed by atoms with Crippen LogP contribution in [0, 0.1) is 45.3 Å². The Labute approximate surface area is 92.8 Å². The Morgan fingerprint density at radius 3 is 2.40 bits per heavy atom. The van der Waals surface area contributed by atoms with Crippen LogP contribution >= 0.6 is 0 Å². The molecule has 7 atom stereocenters. The van der Waals surface area contributed by atoms with Crippen molar-refractivity contribution in [2.24, 2.45) is 45.3 Å². The van der Waals surface area contributed by atoms with Crippen molar-refractivity contribution in [3.63, 3.8) is 0 Å². The summed E-state index contributed by atoms with van der Waals surface area (Å²) in [6, 6.07) is 0. The Morgan fingerprint density at radius 2 is 2.00 bits per heavy atom. The summed E-state index contributed by atoms with van der Waals surface area (Å²) in [6.45, 7) is 9.94. The van der Waals surface area contributed by atoms with E-state index in [1.54, 1.807) is 6.42 Å². The maximum Gasteiger partial charge on any atom is -0.00658 e. The van der Waals surface area contributed by atoms with Gasteiger partial charge in [0.05, 0.1) is 0 Å². The molecular formula is C15H22. The molecule has 0 aromatic carbocycles. The van der Waals surface area contributed by atoms with Gasteiger partial charge in [0.15, 0.2) is 0 Å². The fourth-order valence-electron chi connectivity index (χ4n) is 8.33. The van der Waals surface area contributed by atoms with E-state index in [2.05, 4.69) is 27.7 Å². The van der Waals surface area contributed by atoms with Crippen molar-refractivity contribution < 1.29 is 0 Å². The summed E-state index contributed by atoms with van der Waals surface area (Å²) in [5.74, 6) is 4.54. The quantitative estimate of drug-likeness (QED) is 0.654. The highest BCUT2D eigenvalue weighted by atomic mass is 15.4. The van der Waals surface area contributed by atoms with Crippen LogP contribution in [-0.4, -0.2) is 0 Å². The van der Waals surface area contributed by atoms with Crippen molar-refractivity contribution in [3.05, 3.63) is 0 Å². The third kappa shape index (κ3) is 0.331. The van der Waals surface area contributed by atoms with Gasteiger partial charge in [0.1, 0.15) is 0 Å². The second-order valence-corrected chi connectivity index (χ2v) is 7.45. The second kappa shape index (κ2) is 1.56. The smallest absolute Gasteiger partial charge is 0.00658 e. The zero-order valence-corrected chi connectivity index (χ0v) is 10.4. The van der Waals surface area contributed by atoms with Crippen molar-refractivity contribution >= 4 is 0 Å². The van der Waals surface area contributed by atoms with Crippen LogP contribution in [0.3, 0.4) is 0 Å². The van der Waals surface area contributed by atoms with Gasteiger partial charge in [-0.2, -0.15) is 0 Å². The molecule has 0 bridgehead atoms. The Morgan fingerprint density at radius 1 is 1.27 bits per heavy atom. The summed E-state index contributed by atoms with van der Waals surface area (Å²) in [7, 11) is 0. The lowest BCUT2D eigenvalue weighted by Crippen LogP contribution is -2.54. The van der Waals surface area contributed by atoms with Gasteiger partial charge in [-0.05, 0) is 58.2 Å². The van der Waals surface area contributed by atoms with Crippen LogP contribution in [0.15, 0.2) is 0 Å². The van der Waals surface area contributed by atoms with Crippen molar-refractivity contribution in [1.29, 1.82) is 0 Å². The van der Waals surface area contributed by atoms with Crippen LogP contribution in [0.2, 0.25) is 0 Å². The summed E-state index contributed by atoms with van der Waals surface area (Å²) in [6.07, 6.45) is 4.58. The molecule has 0 heterocycles. The molecule has 15 heavy (non-hydrogen) atoms. The van der Waals surface area contributed by atoms with Crippen LogP contribution < -0.4 is 0 Å². The molecule has 0 aromatic rings. The van der Waals surface area contributed by atoms with Crippen LogP contribution in [0.4, 0.5) is 0 Å². The van der Waals surface area contributed by atoms with Crippen LogP contribution in [0.1, 0.15) is 47.0 Å². The topological polar surface area (TPSA) is 0 Å². The zero-order chi connectivity index (χ0) is 10.4. The summed E-state index contributed by atoms with van der Waals surface area (Å²) in [5, 5.41) is 0. The van der Waals surface area contributed by atoms with E-state index in [1.165, 1.54) is 24.7 Å². The average Bonchev–Trinajstić information content (AvgIpc) is 3.02. The number of rotatable bonds is 3. The average molecular weight is 202 g/mol. The highest BCUT2D eigenvalue weighted by Crippen LogP contribution is 3.36. The van der Waals surface area contributed by atoms with E-state index in [0.29, 0.717) is 0 Å². The molecule has 7 unspecified atom stereocenters. The van der Waals surface area contributed by atoms with Gasteiger partial charge in [-0.1, -0.05) is 34.1 Å². The number of hydrogen-bond acceptors (Lipinski definition) is 0. The summed E-state index contributed by atoms with van der Waals surface area (Å²) in [4.78, 5) is 0. The minimum absolute atomic E-state index is 0.791. The Bertz CT molecular complexity index is 410. The molecule has 0 aliphatic heterocycles. The van der Waals surface area contributed by atoms with Crippen molar-refractivity contribution in [2.75, 3.05) is 0 Å². The predicted octanol–water partition coefficient (Wildman–Crippen LogP) is 3.71. The molecule has 5 fully saturated rings. The van der Waals surface area contributed by atoms with E-state index in [0.717, 1.165) is 33.5 Å². The Balaban J connectivity index is 1.65. The van der Waals surface area contributed by atoms with Gasteiger partial charge >= 0.3 is 0 Å². The molecule has 0 heteroatoms. The minimum Gasteiger partial charge on any atom is -0.0651 e. The molecule has 82 valence electrons. The molecule has 0 aromatic heterocycles. The molecule has 5 saturated carbocycles. The number of hydrogen-bond donors (Lipinski definition) is 0. The van der Waals surface area contributed by atoms with E-state index in [4.69, 9.17) is 0 Å². The second-order valence-electron chi connectivity index (χ2n) is 7.45. The van der Waals surface area contributed by atoms with Crippen LogP contribution in [0.25, 0.3) is 0 Å². The first kappa shape index (κ1) is 8.14. The predicted molar refractivity (Wildman–Crippen MR) is 60.2 cm³/mol. The highest BCUT2D eigenvalue weighted by molar-refractivity contribution is 5.78. The SMILES string of the molecule is CCC1C2C34C5CC53C24C1(CC)C(C)C. The largest absolute Gasteiger partial charge is 0.0651 e. The van der Waals surface area contributed by atoms with Gasteiger partial charge in [-0.15, -0.1) is 0 Å². The zero-order valence-electron chi connectivity index (χ0n) is 10.4. The molecule has 0 radical (unpaired) electrons. The Kier molecular flexibility index (Phi) is 0.845. The molecular weight excluding hydrogens is 180 g/mol. The first-order valence-corrected chi connectivity index (χ1v) is 7.16. The first-order chi connectivity index (χ1) is 7.16. The molecule has 0 N–H and O–H groups in total. The van der Waals surface area contributed by atoms with E-state index in [-0.39, 0.29) is 0 Å². The molecule has 0 saturated heterocycles. The van der Waals surface area contributed by atoms with Crippen molar-refractivity contribution in [3.8, 4) is 0 Å². The van der Waals surface area contributed by atoms with Gasteiger partial charge in [0.2, 0.25) is 0 Å². The lowest BCUT2D eigenvalue weighted by atomic mass is 9.45. The molecule has 0 amide bonds. The fraction of sp³-hybridized carbons (Fsp3) is 1.00. The molecule has 5 aliphatic rings. The minimum atomic E-state index is 0.791. The van der Waals surface area contributed by atoms with Gasteiger partial charge in [-0.3, -0.25) is 0 Å². The standard InChI is InChI=1S/C15H22/c1-5-9-11-14-10-7-13(10,14)15(11,14)12(9,6-2)8(3)4/h8-11H,5-7H2,1-4H3. The summed E-state index contributed by atoms with van der Waals surface area (Å²) < 4.78 is 0. The third-order valence-electron chi connectivity index (χ3n) is 8.19. The third-order valence-corrected chi connectivity index (χ3v) is 8.19. The summed E-state index contributed by atoms with van der Waals surface area (Å²) in [5.41, 5.74) is 3.78. The van der Waals surface area contributed by atoms with E-state index in [1.807, 2.05) is 0 Å². The molecule has 0 nitrogen and oxygen atoms in total. The lowest BCUT2D eigenvalue weighted by Gasteiger charge is -2.59. The van der Waals surface area contributed by atoms with Gasteiger partial charge < -0.3 is 0 Å². The fourth-order valence-corrected chi connectivity index (χ4v) is 8.33. The van der Waals surface area contributed by atoms with Gasteiger partial charge in [0.25, 0.3) is 0 Å². The van der Waals surface area contributed by atoms with E-state index < -0.39 is 0 Å². The maximum atomic E-state index is 2.51. The Hall–Kier alpha value is 0. The highest BCUT2D eigenvalue weighted by Gasteiger charge is 3.33.